The fourth-order valence-corrected chi connectivity index (χ4v) is 2.71. The number of nitrogens with one attached hydrogen (secondary N) is 2. The van der Waals surface area contributed by atoms with Crippen molar-refractivity contribution in [1.29, 1.82) is 0 Å². The number of aryl methyl sites for hydroxylation is 2. The number of carbonyl (C=O) groups excluding carboxylic acids is 2. The summed E-state index contributed by atoms with van der Waals surface area (Å²) >= 11 is 0. The fraction of sp³-hybridized carbons (Fsp3) is 0.318. The summed E-state index contributed by atoms with van der Waals surface area (Å²) in [5, 5.41) is 7.11. The highest BCUT2D eigenvalue weighted by molar-refractivity contribution is 6.02. The normalized spacial score (nSPS) is 11.4. The summed E-state index contributed by atoms with van der Waals surface area (Å²) in [5.41, 5.74) is 7.27. The van der Waals surface area contributed by atoms with Crippen LogP contribution in [0.1, 0.15) is 43.4 Å². The number of carbonyl (C=O) groups is 2. The average Bonchev–Trinajstić information content (AvgIpc) is 2.63. The van der Waals surface area contributed by atoms with Gasteiger partial charge >= 0.3 is 0 Å². The lowest BCUT2D eigenvalue weighted by molar-refractivity contribution is -0.124. The molecule has 0 aliphatic heterocycles. The predicted molar refractivity (Wildman–Crippen MR) is 110 cm³/mol. The molecule has 0 aromatic heterocycles. The standard InChI is InChI=1S/C22H27N3O2/c1-15(2)22(18-8-6-5-7-9-18)25-24-21(27)13-12-20(26)23-19-11-10-16(3)14-17(19)4/h5-11,14-15H,12-13H2,1-4H3,(H,23,26)(H,24,27). The molecule has 0 unspecified atom stereocenters. The van der Waals surface area contributed by atoms with E-state index in [-0.39, 0.29) is 30.6 Å². The number of hydrazone groups is 1. The van der Waals surface area contributed by atoms with Gasteiger partial charge in [0.1, 0.15) is 0 Å². The van der Waals surface area contributed by atoms with Gasteiger partial charge in [-0.3, -0.25) is 9.59 Å². The number of hydrogen-bond donors (Lipinski definition) is 2. The van der Waals surface area contributed by atoms with Gasteiger partial charge in [0, 0.05) is 18.5 Å². The average molecular weight is 365 g/mol. The van der Waals surface area contributed by atoms with E-state index in [1.165, 1.54) is 0 Å². The minimum Gasteiger partial charge on any atom is -0.326 e. The molecule has 0 aliphatic rings. The zero-order valence-corrected chi connectivity index (χ0v) is 16.4. The van der Waals surface area contributed by atoms with E-state index in [4.69, 9.17) is 0 Å². The molecule has 0 atom stereocenters. The van der Waals surface area contributed by atoms with E-state index >= 15 is 0 Å². The van der Waals surface area contributed by atoms with E-state index in [0.717, 1.165) is 28.1 Å². The van der Waals surface area contributed by atoms with E-state index in [0.29, 0.717) is 0 Å². The third-order valence-electron chi connectivity index (χ3n) is 4.15. The van der Waals surface area contributed by atoms with Crippen LogP contribution in [-0.2, 0) is 9.59 Å². The zero-order valence-electron chi connectivity index (χ0n) is 16.4. The Kier molecular flexibility index (Phi) is 7.29. The molecular formula is C22H27N3O2. The minimum absolute atomic E-state index is 0.0837. The van der Waals surface area contributed by atoms with Crippen LogP contribution in [0.4, 0.5) is 5.69 Å². The maximum Gasteiger partial charge on any atom is 0.240 e. The van der Waals surface area contributed by atoms with Crippen molar-refractivity contribution in [3.8, 4) is 0 Å². The number of rotatable bonds is 7. The van der Waals surface area contributed by atoms with Crippen LogP contribution in [0, 0.1) is 19.8 Å². The summed E-state index contributed by atoms with van der Waals surface area (Å²) in [5.74, 6) is -0.298. The highest BCUT2D eigenvalue weighted by Crippen LogP contribution is 2.16. The molecule has 0 saturated carbocycles. The minimum atomic E-state index is -0.278. The number of anilines is 1. The van der Waals surface area contributed by atoms with E-state index in [9.17, 15) is 9.59 Å². The van der Waals surface area contributed by atoms with E-state index in [2.05, 4.69) is 15.8 Å². The SMILES string of the molecule is Cc1ccc(NC(=O)CCC(=O)NN=C(c2ccccc2)C(C)C)c(C)c1. The van der Waals surface area contributed by atoms with Crippen molar-refractivity contribution in [2.75, 3.05) is 5.32 Å². The molecule has 27 heavy (non-hydrogen) atoms. The number of hydrogen-bond acceptors (Lipinski definition) is 3. The predicted octanol–water partition coefficient (Wildman–Crippen LogP) is 4.20. The number of amides is 2. The fourth-order valence-electron chi connectivity index (χ4n) is 2.71. The van der Waals surface area contributed by atoms with Crippen molar-refractivity contribution < 1.29 is 9.59 Å². The Morgan fingerprint density at radius 2 is 1.63 bits per heavy atom. The topological polar surface area (TPSA) is 70.6 Å². The highest BCUT2D eigenvalue weighted by atomic mass is 16.2. The first-order chi connectivity index (χ1) is 12.9. The molecule has 0 radical (unpaired) electrons. The second kappa shape index (κ2) is 9.67. The second-order valence-electron chi connectivity index (χ2n) is 6.92. The molecule has 0 heterocycles. The van der Waals surface area contributed by atoms with Gasteiger partial charge in [0.25, 0.3) is 0 Å². The van der Waals surface area contributed by atoms with Crippen LogP contribution in [0.5, 0.6) is 0 Å². The van der Waals surface area contributed by atoms with Crippen LogP contribution in [-0.4, -0.2) is 17.5 Å². The lowest BCUT2D eigenvalue weighted by Crippen LogP contribution is -2.23. The van der Waals surface area contributed by atoms with Crippen molar-refractivity contribution in [3.05, 3.63) is 65.2 Å². The van der Waals surface area contributed by atoms with Crippen molar-refractivity contribution in [3.63, 3.8) is 0 Å². The number of nitrogens with zero attached hydrogens (tertiary/aromatic N) is 1. The van der Waals surface area contributed by atoms with Gasteiger partial charge in [0.15, 0.2) is 0 Å². The Hall–Kier alpha value is -2.95. The van der Waals surface area contributed by atoms with Gasteiger partial charge in [-0.1, -0.05) is 61.9 Å². The highest BCUT2D eigenvalue weighted by Gasteiger charge is 2.11. The Balaban J connectivity index is 1.88. The lowest BCUT2D eigenvalue weighted by Gasteiger charge is -2.11. The summed E-state index contributed by atoms with van der Waals surface area (Å²) in [7, 11) is 0. The Morgan fingerprint density at radius 3 is 2.26 bits per heavy atom. The van der Waals surface area contributed by atoms with Gasteiger partial charge in [0.05, 0.1) is 5.71 Å². The summed E-state index contributed by atoms with van der Waals surface area (Å²) < 4.78 is 0. The smallest absolute Gasteiger partial charge is 0.240 e. The maximum absolute atomic E-state index is 12.1. The van der Waals surface area contributed by atoms with Crippen LogP contribution in [0.15, 0.2) is 53.6 Å². The molecule has 2 N–H and O–H groups in total. The van der Waals surface area contributed by atoms with Gasteiger partial charge in [-0.2, -0.15) is 5.10 Å². The first kappa shape index (κ1) is 20.4. The van der Waals surface area contributed by atoms with Crippen molar-refractivity contribution in [2.45, 2.75) is 40.5 Å². The monoisotopic (exact) mass is 365 g/mol. The quantitative estimate of drug-likeness (QED) is 0.570. The molecule has 2 aromatic carbocycles. The van der Waals surface area contributed by atoms with Crippen LogP contribution in [0.25, 0.3) is 0 Å². The Morgan fingerprint density at radius 1 is 0.963 bits per heavy atom. The molecule has 5 nitrogen and oxygen atoms in total. The Bertz CT molecular complexity index is 827. The lowest BCUT2D eigenvalue weighted by atomic mass is 10.0. The summed E-state index contributed by atoms with van der Waals surface area (Å²) in [6.45, 7) is 8.00. The van der Waals surface area contributed by atoms with Crippen molar-refractivity contribution >= 4 is 23.2 Å². The summed E-state index contributed by atoms with van der Waals surface area (Å²) in [4.78, 5) is 24.2. The molecule has 0 bridgehead atoms. The van der Waals surface area contributed by atoms with Crippen LogP contribution in [0.3, 0.4) is 0 Å². The van der Waals surface area contributed by atoms with Crippen LogP contribution >= 0.6 is 0 Å². The van der Waals surface area contributed by atoms with E-state index < -0.39 is 0 Å². The van der Waals surface area contributed by atoms with Crippen LogP contribution in [0.2, 0.25) is 0 Å². The Labute approximate surface area is 160 Å². The van der Waals surface area contributed by atoms with E-state index in [1.54, 1.807) is 0 Å². The largest absolute Gasteiger partial charge is 0.326 e. The van der Waals surface area contributed by atoms with Crippen molar-refractivity contribution in [1.82, 2.24) is 5.43 Å². The zero-order chi connectivity index (χ0) is 19.8. The molecule has 2 rings (SSSR count). The molecule has 0 fully saturated rings. The summed E-state index contributed by atoms with van der Waals surface area (Å²) in [6, 6.07) is 15.6. The van der Waals surface area contributed by atoms with Gasteiger partial charge in [0.2, 0.25) is 11.8 Å². The van der Waals surface area contributed by atoms with Crippen molar-refractivity contribution in [2.24, 2.45) is 11.0 Å². The van der Waals surface area contributed by atoms with E-state index in [1.807, 2.05) is 76.2 Å². The second-order valence-corrected chi connectivity index (χ2v) is 6.92. The van der Waals surface area contributed by atoms with Gasteiger partial charge in [-0.25, -0.2) is 5.43 Å². The van der Waals surface area contributed by atoms with Crippen LogP contribution < -0.4 is 10.7 Å². The van der Waals surface area contributed by atoms with Gasteiger partial charge in [-0.05, 0) is 37.0 Å². The first-order valence-corrected chi connectivity index (χ1v) is 9.15. The molecule has 0 saturated heterocycles. The maximum atomic E-state index is 12.1. The first-order valence-electron chi connectivity index (χ1n) is 9.15. The third kappa shape index (κ3) is 6.37. The molecule has 5 heteroatoms. The molecule has 2 amide bonds. The third-order valence-corrected chi connectivity index (χ3v) is 4.15. The summed E-state index contributed by atoms with van der Waals surface area (Å²) in [6.07, 6.45) is 0.192. The molecule has 142 valence electrons. The molecule has 0 spiro atoms. The van der Waals surface area contributed by atoms with Gasteiger partial charge < -0.3 is 5.32 Å². The van der Waals surface area contributed by atoms with Gasteiger partial charge in [-0.15, -0.1) is 0 Å². The number of benzene rings is 2. The molecular weight excluding hydrogens is 338 g/mol. The molecule has 2 aromatic rings. The molecule has 0 aliphatic carbocycles.